The molecule has 1 aliphatic rings. The Morgan fingerprint density at radius 3 is 2.48 bits per heavy atom. The van der Waals surface area contributed by atoms with Crippen LogP contribution in [-0.2, 0) is 16.4 Å². The van der Waals surface area contributed by atoms with Gasteiger partial charge in [0.1, 0.15) is 0 Å². The highest BCUT2D eigenvalue weighted by molar-refractivity contribution is 7.89. The van der Waals surface area contributed by atoms with Gasteiger partial charge in [-0.05, 0) is 42.9 Å². The third-order valence-electron chi connectivity index (χ3n) is 4.80. The fraction of sp³-hybridized carbons (Fsp3) is 0.625. The van der Waals surface area contributed by atoms with Crippen molar-refractivity contribution in [1.29, 1.82) is 0 Å². The largest absolute Gasteiger partial charge is 0.329 e. The third-order valence-corrected chi connectivity index (χ3v) is 6.37. The molecule has 5 heteroatoms. The van der Waals surface area contributed by atoms with Crippen LogP contribution in [-0.4, -0.2) is 20.5 Å². The standard InChI is InChI=1S/C16H26N2O2S/c1-3-14-7-9-15(10-8-14)21(19,20)18-16(12-17)11-5-4-6-13(16)2/h7-10,13,18H,3-6,11-12,17H2,1-2H3. The highest BCUT2D eigenvalue weighted by Crippen LogP contribution is 2.34. The number of benzene rings is 1. The van der Waals surface area contributed by atoms with E-state index < -0.39 is 15.6 Å². The Bertz CT molecular complexity index is 568. The normalized spacial score (nSPS) is 26.7. The van der Waals surface area contributed by atoms with Crippen molar-refractivity contribution in [3.63, 3.8) is 0 Å². The monoisotopic (exact) mass is 310 g/mol. The molecule has 0 bridgehead atoms. The summed E-state index contributed by atoms with van der Waals surface area (Å²) in [6.45, 7) is 4.49. The van der Waals surface area contributed by atoms with Crippen molar-refractivity contribution < 1.29 is 8.42 Å². The molecule has 0 amide bonds. The predicted molar refractivity (Wildman–Crippen MR) is 85.6 cm³/mol. The Kier molecular flexibility index (Phi) is 5.07. The molecule has 2 atom stereocenters. The van der Waals surface area contributed by atoms with E-state index in [2.05, 4.69) is 18.6 Å². The summed E-state index contributed by atoms with van der Waals surface area (Å²) in [5.41, 5.74) is 6.57. The maximum Gasteiger partial charge on any atom is 0.241 e. The van der Waals surface area contributed by atoms with E-state index in [0.717, 1.165) is 37.7 Å². The molecule has 4 nitrogen and oxygen atoms in total. The van der Waals surface area contributed by atoms with E-state index in [4.69, 9.17) is 5.73 Å². The second-order valence-corrected chi connectivity index (χ2v) is 7.79. The molecule has 1 fully saturated rings. The highest BCUT2D eigenvalue weighted by Gasteiger charge is 2.40. The molecule has 2 unspecified atom stereocenters. The lowest BCUT2D eigenvalue weighted by molar-refractivity contribution is 0.191. The summed E-state index contributed by atoms with van der Waals surface area (Å²) < 4.78 is 28.2. The Balaban J connectivity index is 2.26. The molecule has 21 heavy (non-hydrogen) atoms. The Morgan fingerprint density at radius 1 is 1.29 bits per heavy atom. The first kappa shape index (κ1) is 16.5. The number of rotatable bonds is 5. The molecule has 0 saturated heterocycles. The minimum atomic E-state index is -3.52. The fourth-order valence-corrected chi connectivity index (χ4v) is 4.68. The predicted octanol–water partition coefficient (Wildman–Crippen LogP) is 2.43. The summed E-state index contributed by atoms with van der Waals surface area (Å²) in [7, 11) is -3.52. The summed E-state index contributed by atoms with van der Waals surface area (Å²) in [4.78, 5) is 0.324. The van der Waals surface area contributed by atoms with E-state index in [1.54, 1.807) is 12.1 Å². The van der Waals surface area contributed by atoms with Gasteiger partial charge in [0.25, 0.3) is 0 Å². The van der Waals surface area contributed by atoms with Crippen LogP contribution in [0, 0.1) is 5.92 Å². The van der Waals surface area contributed by atoms with E-state index in [-0.39, 0.29) is 5.92 Å². The van der Waals surface area contributed by atoms with E-state index in [0.29, 0.717) is 11.4 Å². The molecule has 1 aromatic rings. The molecular weight excluding hydrogens is 284 g/mol. The topological polar surface area (TPSA) is 72.2 Å². The molecule has 118 valence electrons. The van der Waals surface area contributed by atoms with Crippen LogP contribution in [0.15, 0.2) is 29.2 Å². The van der Waals surface area contributed by atoms with Gasteiger partial charge < -0.3 is 5.73 Å². The maximum atomic E-state index is 12.6. The van der Waals surface area contributed by atoms with Gasteiger partial charge in [0.2, 0.25) is 10.0 Å². The van der Waals surface area contributed by atoms with Crippen LogP contribution < -0.4 is 10.5 Å². The van der Waals surface area contributed by atoms with Crippen molar-refractivity contribution in [2.24, 2.45) is 11.7 Å². The van der Waals surface area contributed by atoms with Crippen molar-refractivity contribution in [3.8, 4) is 0 Å². The summed E-state index contributed by atoms with van der Waals surface area (Å²) in [5, 5.41) is 0. The van der Waals surface area contributed by atoms with Gasteiger partial charge in [0.05, 0.1) is 4.90 Å². The van der Waals surface area contributed by atoms with Crippen molar-refractivity contribution in [2.75, 3.05) is 6.54 Å². The zero-order chi connectivity index (χ0) is 15.5. The number of hydrogen-bond donors (Lipinski definition) is 2. The van der Waals surface area contributed by atoms with Crippen LogP contribution in [0.25, 0.3) is 0 Å². The molecule has 3 N–H and O–H groups in total. The SMILES string of the molecule is CCc1ccc(S(=O)(=O)NC2(CN)CCCCC2C)cc1. The lowest BCUT2D eigenvalue weighted by Gasteiger charge is -2.42. The molecule has 0 spiro atoms. The van der Waals surface area contributed by atoms with Gasteiger partial charge >= 0.3 is 0 Å². The maximum absolute atomic E-state index is 12.6. The number of hydrogen-bond acceptors (Lipinski definition) is 3. The van der Waals surface area contributed by atoms with Gasteiger partial charge in [0, 0.05) is 12.1 Å². The molecule has 1 aliphatic carbocycles. The van der Waals surface area contributed by atoms with Crippen molar-refractivity contribution >= 4 is 10.0 Å². The van der Waals surface area contributed by atoms with E-state index in [1.165, 1.54) is 0 Å². The fourth-order valence-electron chi connectivity index (χ4n) is 3.14. The van der Waals surface area contributed by atoms with Crippen LogP contribution in [0.4, 0.5) is 0 Å². The van der Waals surface area contributed by atoms with E-state index in [1.807, 2.05) is 12.1 Å². The molecule has 0 heterocycles. The smallest absolute Gasteiger partial charge is 0.241 e. The van der Waals surface area contributed by atoms with Crippen LogP contribution >= 0.6 is 0 Å². The number of nitrogens with one attached hydrogen (secondary N) is 1. The van der Waals surface area contributed by atoms with Gasteiger partial charge in [0.15, 0.2) is 0 Å². The second-order valence-electron chi connectivity index (χ2n) is 6.11. The summed E-state index contributed by atoms with van der Waals surface area (Å²) in [6.07, 6.45) is 4.91. The minimum Gasteiger partial charge on any atom is -0.329 e. The molecule has 1 aromatic carbocycles. The van der Waals surface area contributed by atoms with Crippen LogP contribution in [0.5, 0.6) is 0 Å². The second kappa shape index (κ2) is 6.46. The Labute approximate surface area is 128 Å². The number of aryl methyl sites for hydroxylation is 1. The first-order chi connectivity index (χ1) is 9.93. The van der Waals surface area contributed by atoms with Crippen molar-refractivity contribution in [1.82, 2.24) is 4.72 Å². The van der Waals surface area contributed by atoms with Gasteiger partial charge in [-0.2, -0.15) is 0 Å². The van der Waals surface area contributed by atoms with Crippen LogP contribution in [0.1, 0.15) is 45.1 Å². The molecule has 1 saturated carbocycles. The van der Waals surface area contributed by atoms with E-state index in [9.17, 15) is 8.42 Å². The zero-order valence-corrected chi connectivity index (χ0v) is 13.7. The summed E-state index contributed by atoms with van der Waals surface area (Å²) in [6, 6.07) is 7.10. The average Bonchev–Trinajstić information content (AvgIpc) is 2.49. The molecule has 0 aromatic heterocycles. The molecule has 0 aliphatic heterocycles. The zero-order valence-electron chi connectivity index (χ0n) is 12.9. The van der Waals surface area contributed by atoms with Gasteiger partial charge in [-0.15, -0.1) is 0 Å². The minimum absolute atomic E-state index is 0.265. The average molecular weight is 310 g/mol. The molecule has 0 radical (unpaired) electrons. The lowest BCUT2D eigenvalue weighted by atomic mass is 9.74. The first-order valence-corrected chi connectivity index (χ1v) is 9.25. The van der Waals surface area contributed by atoms with Crippen molar-refractivity contribution in [2.45, 2.75) is 56.4 Å². The van der Waals surface area contributed by atoms with E-state index >= 15 is 0 Å². The molecule has 2 rings (SSSR count). The third kappa shape index (κ3) is 3.47. The summed E-state index contributed by atoms with van der Waals surface area (Å²) in [5.74, 6) is 0.265. The van der Waals surface area contributed by atoms with Gasteiger partial charge in [-0.3, -0.25) is 0 Å². The number of sulfonamides is 1. The summed E-state index contributed by atoms with van der Waals surface area (Å²) >= 11 is 0. The van der Waals surface area contributed by atoms with Crippen molar-refractivity contribution in [3.05, 3.63) is 29.8 Å². The Hall–Kier alpha value is -0.910. The van der Waals surface area contributed by atoms with Gasteiger partial charge in [-0.25, -0.2) is 13.1 Å². The van der Waals surface area contributed by atoms with Crippen LogP contribution in [0.2, 0.25) is 0 Å². The quantitative estimate of drug-likeness (QED) is 0.877. The Morgan fingerprint density at radius 2 is 1.95 bits per heavy atom. The highest BCUT2D eigenvalue weighted by atomic mass is 32.2. The lowest BCUT2D eigenvalue weighted by Crippen LogP contribution is -2.58. The molecular formula is C16H26N2O2S. The number of nitrogens with two attached hydrogens (primary N) is 1. The van der Waals surface area contributed by atoms with Crippen LogP contribution in [0.3, 0.4) is 0 Å². The van der Waals surface area contributed by atoms with Gasteiger partial charge in [-0.1, -0.05) is 38.8 Å². The first-order valence-electron chi connectivity index (χ1n) is 7.76.